The average Bonchev–Trinajstić information content (AvgIpc) is 3.69. The van der Waals surface area contributed by atoms with Gasteiger partial charge in [-0.2, -0.15) is 0 Å². The second-order valence-electron chi connectivity index (χ2n) is 16.5. The number of aromatic hydroxyl groups is 1. The summed E-state index contributed by atoms with van der Waals surface area (Å²) < 4.78 is 2.52. The fourth-order valence-electron chi connectivity index (χ4n) is 9.84. The lowest BCUT2D eigenvalue weighted by Gasteiger charge is -2.38. The molecule has 1 unspecified atom stereocenters. The van der Waals surface area contributed by atoms with Crippen LogP contribution in [0.2, 0.25) is 0 Å². The predicted octanol–water partition coefficient (Wildman–Crippen LogP) is 7.15. The number of nitrogens with two attached hydrogens (primary N) is 1. The number of likely N-dealkylation sites (tertiary alicyclic amines) is 2. The number of phenolic OH excluding ortho intramolecular Hbond substituents is 1. The molecule has 6 heterocycles. The summed E-state index contributed by atoms with van der Waals surface area (Å²) in [5, 5.41) is 23.7. The van der Waals surface area contributed by atoms with Gasteiger partial charge in [0.1, 0.15) is 5.75 Å². The first-order chi connectivity index (χ1) is 27.9. The molecule has 4 aliphatic rings. The molecule has 296 valence electrons. The Hall–Kier alpha value is -5.39. The Morgan fingerprint density at radius 2 is 1.74 bits per heavy atom. The Balaban J connectivity index is 0.772. The van der Waals surface area contributed by atoms with Crippen molar-refractivity contribution in [1.29, 1.82) is 0 Å². The third-order valence-electron chi connectivity index (χ3n) is 12.9. The van der Waals surface area contributed by atoms with Crippen LogP contribution in [-0.2, 0) is 0 Å². The van der Waals surface area contributed by atoms with Gasteiger partial charge in [-0.05, 0) is 111 Å². The molecule has 9 rings (SSSR count). The van der Waals surface area contributed by atoms with Crippen molar-refractivity contribution in [2.75, 3.05) is 74.6 Å². The summed E-state index contributed by atoms with van der Waals surface area (Å²) in [5.74, 6) is 1.64. The van der Waals surface area contributed by atoms with Crippen LogP contribution >= 0.6 is 0 Å². The van der Waals surface area contributed by atoms with Crippen molar-refractivity contribution >= 4 is 34.0 Å². The highest BCUT2D eigenvalue weighted by Crippen LogP contribution is 2.37. The summed E-state index contributed by atoms with van der Waals surface area (Å²) in [5.41, 5.74) is 14.3. The number of carbonyl (C=O) groups is 1. The van der Waals surface area contributed by atoms with Gasteiger partial charge in [-0.15, -0.1) is 10.2 Å². The monoisotopic (exact) mass is 765 g/mol. The van der Waals surface area contributed by atoms with Crippen LogP contribution in [0.15, 0.2) is 91.3 Å². The van der Waals surface area contributed by atoms with Crippen molar-refractivity contribution < 1.29 is 9.90 Å². The van der Waals surface area contributed by atoms with Gasteiger partial charge >= 0.3 is 0 Å². The Kier molecular flexibility index (Phi) is 10.6. The van der Waals surface area contributed by atoms with Crippen LogP contribution in [0.3, 0.4) is 0 Å². The molecule has 11 nitrogen and oxygen atoms in total. The van der Waals surface area contributed by atoms with Crippen molar-refractivity contribution in [2.24, 2.45) is 5.92 Å². The highest BCUT2D eigenvalue weighted by atomic mass is 16.3. The number of aromatic nitrogens is 3. The van der Waals surface area contributed by atoms with Gasteiger partial charge in [-0.3, -0.25) is 10.1 Å². The molecule has 3 fully saturated rings. The van der Waals surface area contributed by atoms with E-state index < -0.39 is 0 Å². The molecule has 11 heteroatoms. The van der Waals surface area contributed by atoms with Gasteiger partial charge in [0.05, 0.1) is 29.3 Å². The van der Waals surface area contributed by atoms with Crippen LogP contribution in [0.1, 0.15) is 72.0 Å². The Morgan fingerprint density at radius 1 is 0.895 bits per heavy atom. The summed E-state index contributed by atoms with van der Waals surface area (Å²) in [7, 11) is 0. The molecule has 1 amide bonds. The summed E-state index contributed by atoms with van der Waals surface area (Å²) in [6.07, 6.45) is 13.2. The van der Waals surface area contributed by atoms with Crippen molar-refractivity contribution in [3.05, 3.63) is 108 Å². The predicted molar refractivity (Wildman–Crippen MR) is 229 cm³/mol. The standard InChI is InChI=1S/C46H55N9O2/c1-32-27-34(12-13-37(32)35-7-5-20-53(30-35)43-28-40(49-50-45(43)47)38-8-2-3-11-44(38)56)46(57)52-24-14-33(15-25-52)29-51-22-16-36(17-23-51)55-26-18-39-41(9-4-10-42(39)55)54-21-6-19-48-31-54/h2-4,6,8-13,18,21,26-28,33,35-36,48,56H,5,7,14-17,19-20,22-25,29-31H2,1H3,(H2,47,50). The number of piperidine rings is 3. The molecule has 1 atom stereocenters. The van der Waals surface area contributed by atoms with E-state index in [0.29, 0.717) is 35.0 Å². The van der Waals surface area contributed by atoms with Crippen molar-refractivity contribution in [1.82, 2.24) is 29.9 Å². The molecule has 5 aromatic rings. The van der Waals surface area contributed by atoms with Gasteiger partial charge in [0.25, 0.3) is 5.91 Å². The fourth-order valence-corrected chi connectivity index (χ4v) is 9.84. The SMILES string of the molecule is Cc1cc(C(=O)N2CCC(CN3CCC(n4ccc5c(N6C=CCNC6)cccc54)CC3)CC2)ccc1C1CCCN(c2cc(-c3ccccc3O)nnc2N)C1. The zero-order chi connectivity index (χ0) is 38.9. The number of para-hydroxylation sites is 1. The number of carbonyl (C=O) groups excluding carboxylic acids is 1. The van der Waals surface area contributed by atoms with E-state index in [-0.39, 0.29) is 11.7 Å². The molecule has 3 aromatic carbocycles. The first-order valence-electron chi connectivity index (χ1n) is 20.9. The van der Waals surface area contributed by atoms with Gasteiger partial charge in [0, 0.05) is 93.2 Å². The van der Waals surface area contributed by atoms with Crippen LogP contribution in [0, 0.1) is 12.8 Å². The largest absolute Gasteiger partial charge is 0.507 e. The maximum Gasteiger partial charge on any atom is 0.253 e. The molecule has 3 saturated heterocycles. The number of hydrogen-bond acceptors (Lipinski definition) is 9. The topological polar surface area (TPSA) is 119 Å². The molecule has 2 aromatic heterocycles. The van der Waals surface area contributed by atoms with Gasteiger partial charge in [0.2, 0.25) is 0 Å². The fraction of sp³-hybridized carbons (Fsp3) is 0.413. The molecule has 4 N–H and O–H groups in total. The zero-order valence-corrected chi connectivity index (χ0v) is 33.1. The molecule has 0 aliphatic carbocycles. The number of fused-ring (bicyclic) bond motifs is 1. The lowest BCUT2D eigenvalue weighted by Crippen LogP contribution is -2.43. The van der Waals surface area contributed by atoms with E-state index >= 15 is 0 Å². The highest BCUT2D eigenvalue weighted by molar-refractivity contribution is 5.95. The molecule has 0 spiro atoms. The minimum Gasteiger partial charge on any atom is -0.507 e. The molecule has 0 bridgehead atoms. The van der Waals surface area contributed by atoms with E-state index in [1.807, 2.05) is 24.3 Å². The highest BCUT2D eigenvalue weighted by Gasteiger charge is 2.30. The van der Waals surface area contributed by atoms with Crippen molar-refractivity contribution in [3.63, 3.8) is 0 Å². The summed E-state index contributed by atoms with van der Waals surface area (Å²) in [6.45, 7) is 10.6. The Morgan fingerprint density at radius 3 is 2.53 bits per heavy atom. The molecule has 0 radical (unpaired) electrons. The van der Waals surface area contributed by atoms with Gasteiger partial charge in [-0.25, -0.2) is 0 Å². The number of hydrogen-bond donors (Lipinski definition) is 3. The Bertz CT molecular complexity index is 2250. The number of nitrogens with one attached hydrogen (secondary N) is 1. The van der Waals surface area contributed by atoms with E-state index in [9.17, 15) is 9.90 Å². The smallest absolute Gasteiger partial charge is 0.253 e. The number of aryl methyl sites for hydroxylation is 1. The molecule has 4 aliphatic heterocycles. The summed E-state index contributed by atoms with van der Waals surface area (Å²) in [6, 6.07) is 24.9. The Labute approximate surface area is 335 Å². The van der Waals surface area contributed by atoms with E-state index in [2.05, 4.69) is 101 Å². The first kappa shape index (κ1) is 37.2. The minimum absolute atomic E-state index is 0.149. The maximum atomic E-state index is 13.8. The van der Waals surface area contributed by atoms with Crippen molar-refractivity contribution in [3.8, 4) is 17.0 Å². The van der Waals surface area contributed by atoms with Gasteiger partial charge in [-0.1, -0.05) is 30.3 Å². The lowest BCUT2D eigenvalue weighted by molar-refractivity contribution is 0.0653. The third-order valence-corrected chi connectivity index (χ3v) is 12.9. The minimum atomic E-state index is 0.149. The van der Waals surface area contributed by atoms with E-state index in [4.69, 9.17) is 5.73 Å². The number of amides is 1. The molecule has 0 saturated carbocycles. The third kappa shape index (κ3) is 7.70. The molecular weight excluding hydrogens is 711 g/mol. The average molecular weight is 766 g/mol. The maximum absolute atomic E-state index is 13.8. The first-order valence-corrected chi connectivity index (χ1v) is 20.9. The summed E-state index contributed by atoms with van der Waals surface area (Å²) >= 11 is 0. The quantitative estimate of drug-likeness (QED) is 0.151. The second-order valence-corrected chi connectivity index (χ2v) is 16.5. The van der Waals surface area contributed by atoms with Crippen LogP contribution in [-0.4, -0.2) is 94.6 Å². The number of benzene rings is 3. The van der Waals surface area contributed by atoms with Crippen LogP contribution < -0.4 is 20.9 Å². The lowest BCUT2D eigenvalue weighted by atomic mass is 9.86. The number of rotatable bonds is 8. The normalized spacial score (nSPS) is 20.1. The van der Waals surface area contributed by atoms with E-state index in [1.165, 1.54) is 35.0 Å². The van der Waals surface area contributed by atoms with Gasteiger partial charge < -0.3 is 35.0 Å². The van der Waals surface area contributed by atoms with E-state index in [0.717, 1.165) is 102 Å². The number of nitrogens with zero attached hydrogens (tertiary/aromatic N) is 7. The summed E-state index contributed by atoms with van der Waals surface area (Å²) in [4.78, 5) is 23.1. The second kappa shape index (κ2) is 16.2. The van der Waals surface area contributed by atoms with Crippen LogP contribution in [0.4, 0.5) is 17.2 Å². The zero-order valence-electron chi connectivity index (χ0n) is 33.1. The molecular formula is C46H55N9O2. The number of nitrogen functional groups attached to an aromatic ring is 1. The van der Waals surface area contributed by atoms with Gasteiger partial charge in [0.15, 0.2) is 5.82 Å². The van der Waals surface area contributed by atoms with E-state index in [1.54, 1.807) is 12.1 Å². The van der Waals surface area contributed by atoms with Crippen LogP contribution in [0.5, 0.6) is 5.75 Å². The number of anilines is 3. The number of phenols is 1. The van der Waals surface area contributed by atoms with Crippen LogP contribution in [0.25, 0.3) is 22.2 Å². The van der Waals surface area contributed by atoms with Crippen molar-refractivity contribution in [2.45, 2.75) is 57.4 Å². The molecule has 57 heavy (non-hydrogen) atoms.